The largest absolute Gasteiger partial charge is 0.378 e. The second-order valence-electron chi connectivity index (χ2n) is 6.97. The van der Waals surface area contributed by atoms with Gasteiger partial charge in [0.2, 0.25) is 0 Å². The Labute approximate surface area is 148 Å². The van der Waals surface area contributed by atoms with Gasteiger partial charge in [0.15, 0.2) is 5.96 Å². The van der Waals surface area contributed by atoms with Gasteiger partial charge in [-0.25, -0.2) is 0 Å². The second-order valence-corrected chi connectivity index (χ2v) is 6.97. The molecule has 0 radical (unpaired) electrons. The lowest BCUT2D eigenvalue weighted by molar-refractivity contribution is 0.0264. The van der Waals surface area contributed by atoms with Gasteiger partial charge in [-0.3, -0.25) is 4.99 Å². The fourth-order valence-electron chi connectivity index (χ4n) is 3.63. The van der Waals surface area contributed by atoms with E-state index in [0.717, 1.165) is 45.0 Å². The maximum Gasteiger partial charge on any atom is 0.193 e. The third-order valence-corrected chi connectivity index (χ3v) is 5.10. The molecule has 0 amide bonds. The zero-order valence-electron chi connectivity index (χ0n) is 16.0. The van der Waals surface area contributed by atoms with Crippen molar-refractivity contribution in [2.24, 2.45) is 4.99 Å². The zero-order valence-corrected chi connectivity index (χ0v) is 16.0. The molecule has 0 aromatic heterocycles. The van der Waals surface area contributed by atoms with Gasteiger partial charge in [-0.1, -0.05) is 0 Å². The average molecular weight is 340 g/mol. The monoisotopic (exact) mass is 339 g/mol. The fraction of sp³-hybridized carbons (Fsp3) is 0.944. The molecule has 24 heavy (non-hydrogen) atoms. The summed E-state index contributed by atoms with van der Waals surface area (Å²) in [6.45, 7) is 12.1. The van der Waals surface area contributed by atoms with Gasteiger partial charge in [-0.05, 0) is 59.3 Å². The molecule has 0 unspecified atom stereocenters. The highest BCUT2D eigenvalue weighted by molar-refractivity contribution is 5.79. The summed E-state index contributed by atoms with van der Waals surface area (Å²) >= 11 is 0. The normalized spacial score (nSPS) is 22.6. The number of nitrogens with zero attached hydrogens (tertiary/aromatic N) is 4. The summed E-state index contributed by atoms with van der Waals surface area (Å²) in [6, 6.07) is 0. The first-order chi connectivity index (χ1) is 11.7. The van der Waals surface area contributed by atoms with E-state index in [1.165, 1.54) is 45.6 Å². The molecule has 0 saturated carbocycles. The molecule has 1 N–H and O–H groups in total. The number of hydrogen-bond acceptors (Lipinski definition) is 4. The molecule has 0 aromatic rings. The van der Waals surface area contributed by atoms with Crippen LogP contribution in [0.1, 0.15) is 32.6 Å². The van der Waals surface area contributed by atoms with Crippen molar-refractivity contribution in [1.82, 2.24) is 20.0 Å². The lowest BCUT2D eigenvalue weighted by Crippen LogP contribution is -2.47. The van der Waals surface area contributed by atoms with Gasteiger partial charge < -0.3 is 24.8 Å². The zero-order chi connectivity index (χ0) is 17.2. The van der Waals surface area contributed by atoms with Gasteiger partial charge in [0, 0.05) is 46.4 Å². The number of nitrogens with one attached hydrogen (secondary N) is 1. The highest BCUT2D eigenvalue weighted by Crippen LogP contribution is 2.13. The molecule has 2 aliphatic heterocycles. The highest BCUT2D eigenvalue weighted by Gasteiger charge is 2.21. The lowest BCUT2D eigenvalue weighted by atomic mass is 10.1. The minimum Gasteiger partial charge on any atom is -0.378 e. The smallest absolute Gasteiger partial charge is 0.193 e. The van der Waals surface area contributed by atoms with Crippen LogP contribution in [0, 0.1) is 0 Å². The van der Waals surface area contributed by atoms with E-state index in [4.69, 9.17) is 4.74 Å². The standard InChI is InChI=1S/C18H37N5O/c1-4-24-17-7-13-23(14-8-17)18(19-2)20-9-5-11-22-12-6-10-21(3)15-16-22/h17H,4-16H2,1-3H3,(H,19,20). The van der Waals surface area contributed by atoms with E-state index in [1.54, 1.807) is 0 Å². The summed E-state index contributed by atoms with van der Waals surface area (Å²) in [5.74, 6) is 1.06. The van der Waals surface area contributed by atoms with Gasteiger partial charge in [-0.15, -0.1) is 0 Å². The van der Waals surface area contributed by atoms with Crippen LogP contribution in [0.2, 0.25) is 0 Å². The van der Waals surface area contributed by atoms with Crippen molar-refractivity contribution in [3.8, 4) is 0 Å². The van der Waals surface area contributed by atoms with Gasteiger partial charge >= 0.3 is 0 Å². The molecule has 0 atom stereocenters. The minimum absolute atomic E-state index is 0.436. The van der Waals surface area contributed by atoms with Crippen molar-refractivity contribution >= 4 is 5.96 Å². The van der Waals surface area contributed by atoms with E-state index >= 15 is 0 Å². The molecule has 140 valence electrons. The Morgan fingerprint density at radius 2 is 1.92 bits per heavy atom. The molecule has 0 spiro atoms. The molecule has 2 fully saturated rings. The molecule has 6 heteroatoms. The number of hydrogen-bond donors (Lipinski definition) is 1. The number of rotatable bonds is 6. The van der Waals surface area contributed by atoms with Crippen molar-refractivity contribution in [3.63, 3.8) is 0 Å². The maximum atomic E-state index is 5.73. The van der Waals surface area contributed by atoms with Crippen LogP contribution < -0.4 is 5.32 Å². The van der Waals surface area contributed by atoms with Crippen LogP contribution in [0.5, 0.6) is 0 Å². The Morgan fingerprint density at radius 1 is 1.12 bits per heavy atom. The first-order valence-electron chi connectivity index (χ1n) is 9.71. The van der Waals surface area contributed by atoms with Gasteiger partial charge in [-0.2, -0.15) is 0 Å². The summed E-state index contributed by atoms with van der Waals surface area (Å²) in [5, 5.41) is 3.55. The van der Waals surface area contributed by atoms with Crippen LogP contribution in [0.3, 0.4) is 0 Å². The summed E-state index contributed by atoms with van der Waals surface area (Å²) < 4.78 is 5.73. The Hall–Kier alpha value is -0.850. The van der Waals surface area contributed by atoms with Crippen molar-refractivity contribution in [2.45, 2.75) is 38.7 Å². The number of likely N-dealkylation sites (N-methyl/N-ethyl adjacent to an activating group) is 1. The highest BCUT2D eigenvalue weighted by atomic mass is 16.5. The third-order valence-electron chi connectivity index (χ3n) is 5.10. The predicted octanol–water partition coefficient (Wildman–Crippen LogP) is 1.09. The van der Waals surface area contributed by atoms with E-state index in [-0.39, 0.29) is 0 Å². The van der Waals surface area contributed by atoms with Crippen LogP contribution >= 0.6 is 0 Å². The number of piperidine rings is 1. The third kappa shape index (κ3) is 6.57. The molecule has 2 aliphatic rings. The first kappa shape index (κ1) is 19.5. The molecule has 6 nitrogen and oxygen atoms in total. The molecule has 0 bridgehead atoms. The van der Waals surface area contributed by atoms with E-state index in [0.29, 0.717) is 6.10 Å². The van der Waals surface area contributed by atoms with Gasteiger partial charge in [0.05, 0.1) is 6.10 Å². The summed E-state index contributed by atoms with van der Waals surface area (Å²) in [6.07, 6.45) is 5.12. The number of aliphatic imine (C=N–C) groups is 1. The van der Waals surface area contributed by atoms with E-state index in [9.17, 15) is 0 Å². The van der Waals surface area contributed by atoms with Crippen LogP contribution in [0.4, 0.5) is 0 Å². The fourth-order valence-corrected chi connectivity index (χ4v) is 3.63. The van der Waals surface area contributed by atoms with Crippen LogP contribution in [-0.4, -0.2) is 99.8 Å². The lowest BCUT2D eigenvalue weighted by Gasteiger charge is -2.34. The summed E-state index contributed by atoms with van der Waals surface area (Å²) in [5.41, 5.74) is 0. The van der Waals surface area contributed by atoms with Crippen molar-refractivity contribution in [2.75, 3.05) is 73.1 Å². The molecule has 2 saturated heterocycles. The van der Waals surface area contributed by atoms with E-state index in [2.05, 4.69) is 39.0 Å². The number of ether oxygens (including phenoxy) is 1. The van der Waals surface area contributed by atoms with Crippen LogP contribution in [0.25, 0.3) is 0 Å². The van der Waals surface area contributed by atoms with Crippen LogP contribution in [0.15, 0.2) is 4.99 Å². The summed E-state index contributed by atoms with van der Waals surface area (Å²) in [7, 11) is 4.12. The molecular formula is C18H37N5O. The second kappa shape index (κ2) is 10.9. The SMILES string of the molecule is CCOC1CCN(C(=NC)NCCCN2CCCN(C)CC2)CC1. The Bertz CT molecular complexity index is 368. The first-order valence-corrected chi connectivity index (χ1v) is 9.71. The summed E-state index contributed by atoms with van der Waals surface area (Å²) in [4.78, 5) is 11.9. The Kier molecular flexibility index (Phi) is 8.84. The predicted molar refractivity (Wildman–Crippen MR) is 101 cm³/mol. The number of guanidine groups is 1. The van der Waals surface area contributed by atoms with E-state index in [1.807, 2.05) is 7.05 Å². The maximum absolute atomic E-state index is 5.73. The molecular weight excluding hydrogens is 302 g/mol. The van der Waals surface area contributed by atoms with E-state index < -0.39 is 0 Å². The quantitative estimate of drug-likeness (QED) is 0.446. The van der Waals surface area contributed by atoms with Crippen molar-refractivity contribution < 1.29 is 4.74 Å². The number of likely N-dealkylation sites (tertiary alicyclic amines) is 1. The Balaban J connectivity index is 1.62. The van der Waals surface area contributed by atoms with Gasteiger partial charge in [0.25, 0.3) is 0 Å². The molecule has 2 heterocycles. The molecule has 0 aliphatic carbocycles. The van der Waals surface area contributed by atoms with Gasteiger partial charge in [0.1, 0.15) is 0 Å². The van der Waals surface area contributed by atoms with Crippen molar-refractivity contribution in [1.29, 1.82) is 0 Å². The molecule has 0 aromatic carbocycles. The molecule has 2 rings (SSSR count). The van der Waals surface area contributed by atoms with Crippen molar-refractivity contribution in [3.05, 3.63) is 0 Å². The minimum atomic E-state index is 0.436. The average Bonchev–Trinajstić information content (AvgIpc) is 2.81. The Morgan fingerprint density at radius 3 is 2.62 bits per heavy atom. The topological polar surface area (TPSA) is 43.3 Å². The van der Waals surface area contributed by atoms with Crippen LogP contribution in [-0.2, 0) is 4.74 Å².